The molecule has 0 aliphatic rings. The van der Waals surface area contributed by atoms with Crippen LogP contribution in [-0.4, -0.2) is 0 Å². The van der Waals surface area contributed by atoms with Gasteiger partial charge in [0, 0.05) is 6.54 Å². The van der Waals surface area contributed by atoms with Crippen molar-refractivity contribution in [1.82, 2.24) is 5.32 Å². The van der Waals surface area contributed by atoms with Gasteiger partial charge in [-0.15, -0.1) is 0 Å². The lowest BCUT2D eigenvalue weighted by Gasteiger charge is -2.15. The van der Waals surface area contributed by atoms with Crippen molar-refractivity contribution in [2.75, 3.05) is 0 Å². The van der Waals surface area contributed by atoms with E-state index in [9.17, 15) is 0 Å². The third-order valence-electron chi connectivity index (χ3n) is 3.40. The first-order valence-corrected chi connectivity index (χ1v) is 6.41. The van der Waals surface area contributed by atoms with Gasteiger partial charge in [-0.3, -0.25) is 0 Å². The Morgan fingerprint density at radius 2 is 1.83 bits per heavy atom. The Labute approximate surface area is 109 Å². The molecule has 0 bridgehead atoms. The Balaban J connectivity index is 2.07. The molecular formula is C16H21NO. The Hall–Kier alpha value is -1.54. The third kappa shape index (κ3) is 2.82. The van der Waals surface area contributed by atoms with Crippen LogP contribution in [0.3, 0.4) is 0 Å². The SMILES string of the molecule is Cc1cc(C)c(CN[C@@H](C)c2ccco2)c(C)c1. The van der Waals surface area contributed by atoms with Gasteiger partial charge in [0.1, 0.15) is 5.76 Å². The van der Waals surface area contributed by atoms with E-state index >= 15 is 0 Å². The summed E-state index contributed by atoms with van der Waals surface area (Å²) in [7, 11) is 0. The number of hydrogen-bond donors (Lipinski definition) is 1. The fourth-order valence-electron chi connectivity index (χ4n) is 2.38. The summed E-state index contributed by atoms with van der Waals surface area (Å²) in [6.45, 7) is 9.49. The highest BCUT2D eigenvalue weighted by atomic mass is 16.3. The van der Waals surface area contributed by atoms with Crippen molar-refractivity contribution in [2.24, 2.45) is 0 Å². The molecule has 2 nitrogen and oxygen atoms in total. The van der Waals surface area contributed by atoms with E-state index in [2.05, 4.69) is 45.1 Å². The maximum Gasteiger partial charge on any atom is 0.120 e. The first-order chi connectivity index (χ1) is 8.58. The number of rotatable bonds is 4. The van der Waals surface area contributed by atoms with E-state index in [1.54, 1.807) is 6.26 Å². The molecule has 0 saturated carbocycles. The van der Waals surface area contributed by atoms with Crippen molar-refractivity contribution in [1.29, 1.82) is 0 Å². The van der Waals surface area contributed by atoms with E-state index in [0.29, 0.717) is 0 Å². The minimum absolute atomic E-state index is 0.236. The molecule has 1 aromatic heterocycles. The van der Waals surface area contributed by atoms with Gasteiger partial charge < -0.3 is 9.73 Å². The molecule has 0 radical (unpaired) electrons. The first kappa shape index (κ1) is 12.9. The van der Waals surface area contributed by atoms with Crippen molar-refractivity contribution in [3.63, 3.8) is 0 Å². The maximum atomic E-state index is 5.40. The van der Waals surface area contributed by atoms with Crippen LogP contribution in [-0.2, 0) is 6.54 Å². The zero-order valence-corrected chi connectivity index (χ0v) is 11.6. The Bertz CT molecular complexity index is 491. The second kappa shape index (κ2) is 5.40. The second-order valence-electron chi connectivity index (χ2n) is 5.00. The molecule has 0 amide bonds. The summed E-state index contributed by atoms with van der Waals surface area (Å²) < 4.78 is 5.40. The summed E-state index contributed by atoms with van der Waals surface area (Å²) >= 11 is 0. The van der Waals surface area contributed by atoms with Gasteiger partial charge >= 0.3 is 0 Å². The minimum atomic E-state index is 0.236. The molecule has 0 fully saturated rings. The highest BCUT2D eigenvalue weighted by Gasteiger charge is 2.09. The monoisotopic (exact) mass is 243 g/mol. The first-order valence-electron chi connectivity index (χ1n) is 6.41. The molecule has 96 valence electrons. The molecular weight excluding hydrogens is 222 g/mol. The van der Waals surface area contributed by atoms with Gasteiger partial charge in [0.15, 0.2) is 0 Å². The van der Waals surface area contributed by atoms with Crippen molar-refractivity contribution in [2.45, 2.75) is 40.3 Å². The average Bonchev–Trinajstić information content (AvgIpc) is 2.80. The Morgan fingerprint density at radius 3 is 2.39 bits per heavy atom. The van der Waals surface area contributed by atoms with Crippen molar-refractivity contribution in [3.8, 4) is 0 Å². The second-order valence-corrected chi connectivity index (χ2v) is 5.00. The molecule has 18 heavy (non-hydrogen) atoms. The number of aryl methyl sites for hydroxylation is 3. The van der Waals surface area contributed by atoms with E-state index in [-0.39, 0.29) is 6.04 Å². The summed E-state index contributed by atoms with van der Waals surface area (Å²) in [6, 6.07) is 8.64. The topological polar surface area (TPSA) is 25.2 Å². The van der Waals surface area contributed by atoms with E-state index < -0.39 is 0 Å². The lowest BCUT2D eigenvalue weighted by Crippen LogP contribution is -2.19. The van der Waals surface area contributed by atoms with Gasteiger partial charge in [-0.2, -0.15) is 0 Å². The molecule has 0 saturated heterocycles. The molecule has 2 aromatic rings. The number of hydrogen-bond acceptors (Lipinski definition) is 2. The van der Waals surface area contributed by atoms with Crippen LogP contribution < -0.4 is 5.32 Å². The zero-order chi connectivity index (χ0) is 13.1. The molecule has 1 heterocycles. The number of benzene rings is 1. The molecule has 0 aliphatic carbocycles. The molecule has 1 aromatic carbocycles. The van der Waals surface area contributed by atoms with Gasteiger partial charge in [-0.1, -0.05) is 17.7 Å². The molecule has 0 aliphatic heterocycles. The predicted octanol–water partition coefficient (Wildman–Crippen LogP) is 4.06. The van der Waals surface area contributed by atoms with Crippen molar-refractivity contribution in [3.05, 3.63) is 58.5 Å². The Kier molecular flexibility index (Phi) is 3.87. The highest BCUT2D eigenvalue weighted by molar-refractivity contribution is 5.37. The van der Waals surface area contributed by atoms with Crippen LogP contribution in [0.2, 0.25) is 0 Å². The van der Waals surface area contributed by atoms with Crippen LogP contribution in [0.5, 0.6) is 0 Å². The van der Waals surface area contributed by atoms with Crippen LogP contribution in [0.4, 0.5) is 0 Å². The van der Waals surface area contributed by atoms with Gasteiger partial charge in [0.05, 0.1) is 12.3 Å². The summed E-state index contributed by atoms with van der Waals surface area (Å²) in [5, 5.41) is 3.51. The molecule has 1 atom stereocenters. The summed E-state index contributed by atoms with van der Waals surface area (Å²) in [4.78, 5) is 0. The van der Waals surface area contributed by atoms with Crippen LogP contribution >= 0.6 is 0 Å². The quantitative estimate of drug-likeness (QED) is 0.876. The predicted molar refractivity (Wildman–Crippen MR) is 74.6 cm³/mol. The van der Waals surface area contributed by atoms with Crippen molar-refractivity contribution < 1.29 is 4.42 Å². The molecule has 2 rings (SSSR count). The fraction of sp³-hybridized carbons (Fsp3) is 0.375. The lowest BCUT2D eigenvalue weighted by molar-refractivity contribution is 0.429. The van der Waals surface area contributed by atoms with Crippen LogP contribution in [0, 0.1) is 20.8 Å². The number of nitrogens with one attached hydrogen (secondary N) is 1. The summed E-state index contributed by atoms with van der Waals surface area (Å²) in [5.74, 6) is 0.984. The van der Waals surface area contributed by atoms with Gasteiger partial charge in [0.2, 0.25) is 0 Å². The largest absolute Gasteiger partial charge is 0.468 e. The van der Waals surface area contributed by atoms with E-state index in [1.807, 2.05) is 12.1 Å². The van der Waals surface area contributed by atoms with Gasteiger partial charge in [-0.05, 0) is 56.5 Å². The van der Waals surface area contributed by atoms with Crippen LogP contribution in [0.25, 0.3) is 0 Å². The lowest BCUT2D eigenvalue weighted by atomic mass is 9.99. The van der Waals surface area contributed by atoms with E-state index in [1.165, 1.54) is 22.3 Å². The van der Waals surface area contributed by atoms with Gasteiger partial charge in [0.25, 0.3) is 0 Å². The summed E-state index contributed by atoms with van der Waals surface area (Å²) in [6.07, 6.45) is 1.72. The molecule has 0 spiro atoms. The maximum absolute atomic E-state index is 5.40. The molecule has 2 heteroatoms. The normalized spacial score (nSPS) is 12.7. The molecule has 1 N–H and O–H groups in total. The fourth-order valence-corrected chi connectivity index (χ4v) is 2.38. The molecule has 0 unspecified atom stereocenters. The Morgan fingerprint density at radius 1 is 1.17 bits per heavy atom. The third-order valence-corrected chi connectivity index (χ3v) is 3.40. The zero-order valence-electron chi connectivity index (χ0n) is 11.6. The van der Waals surface area contributed by atoms with Crippen molar-refractivity contribution >= 4 is 0 Å². The average molecular weight is 243 g/mol. The van der Waals surface area contributed by atoms with E-state index in [4.69, 9.17) is 4.42 Å². The highest BCUT2D eigenvalue weighted by Crippen LogP contribution is 2.18. The summed E-state index contributed by atoms with van der Waals surface area (Å²) in [5.41, 5.74) is 5.42. The van der Waals surface area contributed by atoms with Crippen LogP contribution in [0.1, 0.15) is 41.0 Å². The van der Waals surface area contributed by atoms with Crippen LogP contribution in [0.15, 0.2) is 34.9 Å². The standard InChI is InChI=1S/C16H21NO/c1-11-8-12(2)15(13(3)9-11)10-17-14(4)16-6-5-7-18-16/h5-9,14,17H,10H2,1-4H3/t14-/m0/s1. The smallest absolute Gasteiger partial charge is 0.120 e. The van der Waals surface area contributed by atoms with E-state index in [0.717, 1.165) is 12.3 Å². The minimum Gasteiger partial charge on any atom is -0.468 e. The number of furan rings is 1. The van der Waals surface area contributed by atoms with Gasteiger partial charge in [-0.25, -0.2) is 0 Å².